The molecule has 0 unspecified atom stereocenters. The zero-order valence-corrected chi connectivity index (χ0v) is 11.9. The van der Waals surface area contributed by atoms with E-state index < -0.39 is 30.5 Å². The fraction of sp³-hybridized carbons (Fsp3) is 0.357. The van der Waals surface area contributed by atoms with Gasteiger partial charge in [0.05, 0.1) is 23.3 Å². The van der Waals surface area contributed by atoms with Crippen LogP contribution < -0.4 is 5.32 Å². The molecule has 1 atom stereocenters. The Labute approximate surface area is 128 Å². The van der Waals surface area contributed by atoms with Gasteiger partial charge in [-0.3, -0.25) is 14.7 Å². The molecule has 0 bridgehead atoms. The Morgan fingerprint density at radius 3 is 2.96 bits per heavy atom. The van der Waals surface area contributed by atoms with E-state index in [4.69, 9.17) is 0 Å². The second-order valence-electron chi connectivity index (χ2n) is 5.42. The van der Waals surface area contributed by atoms with Crippen molar-refractivity contribution < 1.29 is 22.8 Å². The monoisotopic (exact) mass is 326 g/mol. The van der Waals surface area contributed by atoms with Crippen molar-refractivity contribution in [3.05, 3.63) is 24.4 Å². The second kappa shape index (κ2) is 5.56. The number of rotatable bonds is 3. The van der Waals surface area contributed by atoms with Crippen LogP contribution in [0.2, 0.25) is 0 Å². The van der Waals surface area contributed by atoms with Gasteiger partial charge in [0.1, 0.15) is 6.54 Å². The molecule has 2 N–H and O–H groups in total. The van der Waals surface area contributed by atoms with Gasteiger partial charge in [-0.2, -0.15) is 18.3 Å². The van der Waals surface area contributed by atoms with Gasteiger partial charge >= 0.3 is 6.18 Å². The molecule has 0 radical (unpaired) electrons. The van der Waals surface area contributed by atoms with Crippen LogP contribution >= 0.6 is 0 Å². The van der Waals surface area contributed by atoms with E-state index in [9.17, 15) is 22.8 Å². The van der Waals surface area contributed by atoms with Crippen LogP contribution in [-0.2, 0) is 9.59 Å². The number of alkyl halides is 3. The highest BCUT2D eigenvalue weighted by atomic mass is 19.4. The molecule has 1 fully saturated rings. The first-order valence-electron chi connectivity index (χ1n) is 6.91. The second-order valence-corrected chi connectivity index (χ2v) is 5.42. The van der Waals surface area contributed by atoms with Crippen molar-refractivity contribution in [3.63, 3.8) is 0 Å². The van der Waals surface area contributed by atoms with Crippen LogP contribution in [0.3, 0.4) is 0 Å². The third-order valence-electron chi connectivity index (χ3n) is 3.69. The van der Waals surface area contributed by atoms with Crippen molar-refractivity contribution in [2.24, 2.45) is 5.92 Å². The molecule has 2 aromatic rings. The number of benzene rings is 1. The lowest BCUT2D eigenvalue weighted by molar-refractivity contribution is -0.157. The average molecular weight is 326 g/mol. The van der Waals surface area contributed by atoms with E-state index in [1.165, 1.54) is 0 Å². The lowest BCUT2D eigenvalue weighted by atomic mass is 10.1. The van der Waals surface area contributed by atoms with Crippen LogP contribution in [0, 0.1) is 5.92 Å². The van der Waals surface area contributed by atoms with Gasteiger partial charge in [0.2, 0.25) is 11.8 Å². The number of aromatic amines is 1. The van der Waals surface area contributed by atoms with E-state index in [0.29, 0.717) is 16.1 Å². The molecular formula is C14H13F3N4O2. The molecule has 1 aliphatic heterocycles. The summed E-state index contributed by atoms with van der Waals surface area (Å²) in [7, 11) is 0. The Bertz CT molecular complexity index is 756. The van der Waals surface area contributed by atoms with Gasteiger partial charge in [-0.25, -0.2) is 0 Å². The highest BCUT2D eigenvalue weighted by Crippen LogP contribution is 2.26. The van der Waals surface area contributed by atoms with E-state index in [0.717, 1.165) is 5.39 Å². The number of halogens is 3. The topological polar surface area (TPSA) is 78.1 Å². The summed E-state index contributed by atoms with van der Waals surface area (Å²) in [5.41, 5.74) is 1.10. The maximum Gasteiger partial charge on any atom is 0.406 e. The van der Waals surface area contributed by atoms with Crippen LogP contribution in [0.25, 0.3) is 10.9 Å². The maximum absolute atomic E-state index is 12.4. The number of hydrogen-bond donors (Lipinski definition) is 2. The van der Waals surface area contributed by atoms with Crippen molar-refractivity contribution in [2.45, 2.75) is 12.6 Å². The molecule has 23 heavy (non-hydrogen) atoms. The number of nitrogens with zero attached hydrogens (tertiary/aromatic N) is 2. The lowest BCUT2D eigenvalue weighted by Crippen LogP contribution is -2.36. The lowest BCUT2D eigenvalue weighted by Gasteiger charge is -2.18. The normalized spacial score (nSPS) is 18.7. The number of hydrogen-bond acceptors (Lipinski definition) is 3. The van der Waals surface area contributed by atoms with E-state index in [2.05, 4.69) is 15.5 Å². The average Bonchev–Trinajstić information content (AvgIpc) is 3.05. The number of amides is 2. The predicted octanol–water partition coefficient (Wildman–Crippen LogP) is 1.91. The number of aromatic nitrogens is 2. The van der Waals surface area contributed by atoms with Crippen LogP contribution in [-0.4, -0.2) is 46.2 Å². The Kier molecular flexibility index (Phi) is 3.70. The van der Waals surface area contributed by atoms with Gasteiger partial charge in [0.25, 0.3) is 0 Å². The highest BCUT2D eigenvalue weighted by Gasteiger charge is 2.40. The zero-order valence-electron chi connectivity index (χ0n) is 11.9. The number of carbonyl (C=O) groups excluding carboxylic acids is 2. The third-order valence-corrected chi connectivity index (χ3v) is 3.69. The standard InChI is InChI=1S/C14H13F3N4O2/c15-14(16,17)7-21-6-9(4-11(21)22)13(23)19-10-3-1-2-8-5-18-20-12(8)10/h1-3,5,9H,4,6-7H2,(H,18,20)(H,19,23)/t9-/m0/s1. The Morgan fingerprint density at radius 1 is 1.43 bits per heavy atom. The van der Waals surface area contributed by atoms with Crippen LogP contribution in [0.15, 0.2) is 24.4 Å². The van der Waals surface area contributed by atoms with Gasteiger partial charge in [0, 0.05) is 18.4 Å². The van der Waals surface area contributed by atoms with E-state index in [1.54, 1.807) is 24.4 Å². The molecule has 2 amide bonds. The molecule has 1 saturated heterocycles. The third kappa shape index (κ3) is 3.27. The van der Waals surface area contributed by atoms with Gasteiger partial charge in [-0.05, 0) is 6.07 Å². The molecule has 9 heteroatoms. The molecular weight excluding hydrogens is 313 g/mol. The van der Waals surface area contributed by atoms with Crippen LogP contribution in [0.5, 0.6) is 0 Å². The first-order chi connectivity index (χ1) is 10.8. The van der Waals surface area contributed by atoms with Crippen molar-refractivity contribution in [3.8, 4) is 0 Å². The molecule has 122 valence electrons. The van der Waals surface area contributed by atoms with Gasteiger partial charge in [-0.15, -0.1) is 0 Å². The molecule has 0 spiro atoms. The summed E-state index contributed by atoms with van der Waals surface area (Å²) < 4.78 is 37.2. The summed E-state index contributed by atoms with van der Waals surface area (Å²) >= 11 is 0. The van der Waals surface area contributed by atoms with Crippen molar-refractivity contribution in [1.29, 1.82) is 0 Å². The summed E-state index contributed by atoms with van der Waals surface area (Å²) in [5, 5.41) is 10.1. The molecule has 0 saturated carbocycles. The van der Waals surface area contributed by atoms with Crippen LogP contribution in [0.4, 0.5) is 18.9 Å². The summed E-state index contributed by atoms with van der Waals surface area (Å²) in [6.07, 6.45) is -3.10. The number of carbonyl (C=O) groups is 2. The molecule has 3 rings (SSSR count). The highest BCUT2D eigenvalue weighted by molar-refractivity contribution is 6.02. The molecule has 6 nitrogen and oxygen atoms in total. The van der Waals surface area contributed by atoms with Crippen molar-refractivity contribution in [2.75, 3.05) is 18.4 Å². The minimum absolute atomic E-state index is 0.221. The fourth-order valence-corrected chi connectivity index (χ4v) is 2.62. The van der Waals surface area contributed by atoms with Crippen molar-refractivity contribution in [1.82, 2.24) is 15.1 Å². The minimum Gasteiger partial charge on any atom is -0.333 e. The van der Waals surface area contributed by atoms with Crippen LogP contribution in [0.1, 0.15) is 6.42 Å². The zero-order chi connectivity index (χ0) is 16.6. The smallest absolute Gasteiger partial charge is 0.333 e. The Morgan fingerprint density at radius 2 is 2.22 bits per heavy atom. The summed E-state index contributed by atoms with van der Waals surface area (Å²) in [6, 6.07) is 5.19. The number of fused-ring (bicyclic) bond motifs is 1. The van der Waals surface area contributed by atoms with E-state index in [-0.39, 0.29) is 13.0 Å². The summed E-state index contributed by atoms with van der Waals surface area (Å²) in [6.45, 7) is -1.56. The van der Waals surface area contributed by atoms with E-state index in [1.807, 2.05) is 0 Å². The first kappa shape index (κ1) is 15.3. The largest absolute Gasteiger partial charge is 0.406 e. The fourth-order valence-electron chi connectivity index (χ4n) is 2.62. The number of anilines is 1. The molecule has 0 aliphatic carbocycles. The number of nitrogens with one attached hydrogen (secondary N) is 2. The predicted molar refractivity (Wildman–Crippen MR) is 75.5 cm³/mol. The Balaban J connectivity index is 1.70. The van der Waals surface area contributed by atoms with E-state index >= 15 is 0 Å². The summed E-state index contributed by atoms with van der Waals surface area (Å²) in [4.78, 5) is 24.5. The van der Waals surface area contributed by atoms with Gasteiger partial charge < -0.3 is 10.2 Å². The van der Waals surface area contributed by atoms with Gasteiger partial charge in [-0.1, -0.05) is 12.1 Å². The van der Waals surface area contributed by atoms with Gasteiger partial charge in [0.15, 0.2) is 0 Å². The molecule has 1 aromatic heterocycles. The Hall–Kier alpha value is -2.58. The quantitative estimate of drug-likeness (QED) is 0.904. The SMILES string of the molecule is O=C(Nc1cccc2cn[nH]c12)[C@H]1CC(=O)N(CC(F)(F)F)C1. The first-order valence-corrected chi connectivity index (χ1v) is 6.91. The summed E-state index contributed by atoms with van der Waals surface area (Å²) in [5.74, 6) is -1.95. The number of H-pyrrole nitrogens is 1. The molecule has 1 aliphatic rings. The minimum atomic E-state index is -4.47. The molecule has 1 aromatic carbocycles. The number of para-hydroxylation sites is 1. The molecule has 2 heterocycles. The maximum atomic E-state index is 12.4. The number of likely N-dealkylation sites (tertiary alicyclic amines) is 1. The van der Waals surface area contributed by atoms with Crippen molar-refractivity contribution >= 4 is 28.4 Å².